The molecule has 0 aliphatic heterocycles. The van der Waals surface area contributed by atoms with Gasteiger partial charge in [0, 0.05) is 0 Å². The lowest BCUT2D eigenvalue weighted by molar-refractivity contribution is -0.138. The Labute approximate surface area is 77.2 Å². The quantitative estimate of drug-likeness (QED) is 0.756. The molecular weight excluding hydrogens is 166 g/mol. The summed E-state index contributed by atoms with van der Waals surface area (Å²) >= 11 is 0. The molecule has 1 aromatic rings. The summed E-state index contributed by atoms with van der Waals surface area (Å²) in [4.78, 5) is 10.3. The van der Waals surface area contributed by atoms with E-state index < -0.39 is 12.0 Å². The van der Waals surface area contributed by atoms with Gasteiger partial charge in [0.2, 0.25) is 0 Å². The van der Waals surface area contributed by atoms with Crippen LogP contribution in [0.25, 0.3) is 0 Å². The molecule has 0 aromatic heterocycles. The highest BCUT2D eigenvalue weighted by Gasteiger charge is 2.11. The summed E-state index contributed by atoms with van der Waals surface area (Å²) in [5, 5.41) is 8.47. The first-order chi connectivity index (χ1) is 6.20. The maximum atomic E-state index is 10.3. The average molecular weight is 178 g/mol. The van der Waals surface area contributed by atoms with Crippen molar-refractivity contribution < 1.29 is 9.90 Å². The van der Waals surface area contributed by atoms with Gasteiger partial charge in [-0.1, -0.05) is 30.3 Å². The number of carboxylic acids is 1. The highest BCUT2D eigenvalue weighted by molar-refractivity contribution is 5.72. The minimum absolute atomic E-state index is 0.374. The van der Waals surface area contributed by atoms with Gasteiger partial charge < -0.3 is 5.11 Å². The maximum absolute atomic E-state index is 10.3. The zero-order valence-corrected chi connectivity index (χ0v) is 7.23. The molecule has 1 unspecified atom stereocenters. The average Bonchev–Trinajstić information content (AvgIpc) is 2.15. The van der Waals surface area contributed by atoms with Crippen molar-refractivity contribution in [3.05, 3.63) is 35.9 Å². The third-order valence-corrected chi connectivity index (χ3v) is 1.86. The standard InChI is InChI=1S/C10H12NO2/c11-9(10(12)13)7-6-8-4-2-1-3-5-8/h1-5,9,11H,6-7H2,(H,12,13). The van der Waals surface area contributed by atoms with Crippen LogP contribution in [0.5, 0.6) is 0 Å². The van der Waals surface area contributed by atoms with Gasteiger partial charge in [0.15, 0.2) is 0 Å². The number of benzene rings is 1. The van der Waals surface area contributed by atoms with Gasteiger partial charge in [0.05, 0.1) is 0 Å². The van der Waals surface area contributed by atoms with E-state index in [-0.39, 0.29) is 0 Å². The first-order valence-electron chi connectivity index (χ1n) is 4.18. The van der Waals surface area contributed by atoms with Gasteiger partial charge in [-0.2, -0.15) is 0 Å². The van der Waals surface area contributed by atoms with Crippen molar-refractivity contribution >= 4 is 5.97 Å². The normalized spacial score (nSPS) is 12.4. The SMILES string of the molecule is [NH]C(CCc1ccccc1)C(=O)O. The fourth-order valence-electron chi connectivity index (χ4n) is 1.08. The van der Waals surface area contributed by atoms with E-state index in [1.165, 1.54) is 0 Å². The number of carboxylic acid groups (broad SMARTS) is 1. The highest BCUT2D eigenvalue weighted by Crippen LogP contribution is 2.04. The van der Waals surface area contributed by atoms with Crippen molar-refractivity contribution in [2.24, 2.45) is 0 Å². The van der Waals surface area contributed by atoms with Gasteiger partial charge in [-0.15, -0.1) is 0 Å². The van der Waals surface area contributed by atoms with E-state index in [9.17, 15) is 4.79 Å². The number of hydrogen-bond donors (Lipinski definition) is 1. The van der Waals surface area contributed by atoms with E-state index in [1.807, 2.05) is 30.3 Å². The number of carbonyl (C=O) groups is 1. The molecule has 1 radical (unpaired) electrons. The lowest BCUT2D eigenvalue weighted by atomic mass is 10.1. The highest BCUT2D eigenvalue weighted by atomic mass is 16.4. The first-order valence-corrected chi connectivity index (χ1v) is 4.18. The summed E-state index contributed by atoms with van der Waals surface area (Å²) in [6.45, 7) is 0. The Bertz CT molecular complexity index is 272. The lowest BCUT2D eigenvalue weighted by Crippen LogP contribution is -2.21. The molecule has 0 saturated heterocycles. The van der Waals surface area contributed by atoms with Crippen LogP contribution in [-0.2, 0) is 11.2 Å². The smallest absolute Gasteiger partial charge is 0.322 e. The lowest BCUT2D eigenvalue weighted by Gasteiger charge is -2.04. The third kappa shape index (κ3) is 3.25. The van der Waals surface area contributed by atoms with E-state index >= 15 is 0 Å². The Morgan fingerprint density at radius 3 is 2.54 bits per heavy atom. The summed E-state index contributed by atoms with van der Waals surface area (Å²) in [6.07, 6.45) is 1.03. The van der Waals surface area contributed by atoms with Gasteiger partial charge in [-0.3, -0.25) is 4.79 Å². The Hall–Kier alpha value is -1.35. The molecule has 0 aliphatic carbocycles. The second-order valence-electron chi connectivity index (χ2n) is 2.92. The molecule has 0 spiro atoms. The first kappa shape index (κ1) is 9.74. The molecule has 13 heavy (non-hydrogen) atoms. The minimum atomic E-state index is -1.05. The molecular formula is C10H12NO2. The van der Waals surface area contributed by atoms with Gasteiger partial charge >= 0.3 is 5.97 Å². The number of rotatable bonds is 4. The van der Waals surface area contributed by atoms with Crippen molar-refractivity contribution in [2.75, 3.05) is 0 Å². The van der Waals surface area contributed by atoms with Gasteiger partial charge in [0.1, 0.15) is 6.04 Å². The van der Waals surface area contributed by atoms with Crippen LogP contribution in [0, 0.1) is 0 Å². The van der Waals surface area contributed by atoms with Gasteiger partial charge in [0.25, 0.3) is 0 Å². The summed E-state index contributed by atoms with van der Waals surface area (Å²) in [6, 6.07) is 8.62. The van der Waals surface area contributed by atoms with Crippen LogP contribution < -0.4 is 5.73 Å². The fraction of sp³-hybridized carbons (Fsp3) is 0.300. The molecule has 3 heteroatoms. The second-order valence-corrected chi connectivity index (χ2v) is 2.92. The van der Waals surface area contributed by atoms with Gasteiger partial charge in [-0.25, -0.2) is 5.73 Å². The number of aliphatic carboxylic acids is 1. The summed E-state index contributed by atoms with van der Waals surface area (Å²) in [5.41, 5.74) is 8.26. The molecule has 0 saturated carbocycles. The molecule has 1 rings (SSSR count). The monoisotopic (exact) mass is 178 g/mol. The summed E-state index contributed by atoms with van der Waals surface area (Å²) in [7, 11) is 0. The Morgan fingerprint density at radius 2 is 2.00 bits per heavy atom. The molecule has 0 bridgehead atoms. The topological polar surface area (TPSA) is 61.1 Å². The predicted octanol–water partition coefficient (Wildman–Crippen LogP) is 1.36. The summed E-state index contributed by atoms with van der Waals surface area (Å²) in [5.74, 6) is -1.05. The maximum Gasteiger partial charge on any atom is 0.322 e. The van der Waals surface area contributed by atoms with Crippen molar-refractivity contribution in [3.63, 3.8) is 0 Å². The Morgan fingerprint density at radius 1 is 1.38 bits per heavy atom. The molecule has 1 atom stereocenters. The van der Waals surface area contributed by atoms with Gasteiger partial charge in [-0.05, 0) is 18.4 Å². The molecule has 69 valence electrons. The Balaban J connectivity index is 2.39. The third-order valence-electron chi connectivity index (χ3n) is 1.86. The van der Waals surface area contributed by atoms with Crippen LogP contribution in [0.1, 0.15) is 12.0 Å². The van der Waals surface area contributed by atoms with E-state index in [4.69, 9.17) is 10.8 Å². The minimum Gasteiger partial charge on any atom is -0.480 e. The molecule has 0 amide bonds. The van der Waals surface area contributed by atoms with Crippen molar-refractivity contribution in [1.29, 1.82) is 0 Å². The second kappa shape index (κ2) is 4.62. The van der Waals surface area contributed by atoms with Crippen molar-refractivity contribution in [1.82, 2.24) is 5.73 Å². The van der Waals surface area contributed by atoms with E-state index in [0.717, 1.165) is 5.56 Å². The number of hydrogen-bond acceptors (Lipinski definition) is 1. The van der Waals surface area contributed by atoms with Crippen LogP contribution in [-0.4, -0.2) is 17.1 Å². The molecule has 1 aromatic carbocycles. The molecule has 2 N–H and O–H groups in total. The number of aryl methyl sites for hydroxylation is 1. The van der Waals surface area contributed by atoms with E-state index in [1.54, 1.807) is 0 Å². The zero-order valence-electron chi connectivity index (χ0n) is 7.23. The van der Waals surface area contributed by atoms with Crippen LogP contribution >= 0.6 is 0 Å². The van der Waals surface area contributed by atoms with Crippen LogP contribution in [0.15, 0.2) is 30.3 Å². The van der Waals surface area contributed by atoms with Crippen molar-refractivity contribution in [2.45, 2.75) is 18.9 Å². The fourth-order valence-corrected chi connectivity index (χ4v) is 1.08. The Kier molecular flexibility index (Phi) is 3.46. The molecule has 3 nitrogen and oxygen atoms in total. The van der Waals surface area contributed by atoms with E-state index in [0.29, 0.717) is 12.8 Å². The van der Waals surface area contributed by atoms with E-state index in [2.05, 4.69) is 0 Å². The molecule has 0 fully saturated rings. The largest absolute Gasteiger partial charge is 0.480 e. The predicted molar refractivity (Wildman–Crippen MR) is 49.3 cm³/mol. The number of nitrogens with one attached hydrogen (secondary N) is 1. The van der Waals surface area contributed by atoms with Crippen LogP contribution in [0.4, 0.5) is 0 Å². The van der Waals surface area contributed by atoms with Crippen LogP contribution in [0.3, 0.4) is 0 Å². The molecule has 0 heterocycles. The zero-order chi connectivity index (χ0) is 9.68. The van der Waals surface area contributed by atoms with Crippen molar-refractivity contribution in [3.8, 4) is 0 Å². The molecule has 0 aliphatic rings. The van der Waals surface area contributed by atoms with Crippen LogP contribution in [0.2, 0.25) is 0 Å². The summed E-state index contributed by atoms with van der Waals surface area (Å²) < 4.78 is 0.